The lowest BCUT2D eigenvalue weighted by Crippen LogP contribution is -2.31. The molecule has 28 heavy (non-hydrogen) atoms. The first kappa shape index (κ1) is 17.7. The van der Waals surface area contributed by atoms with Crippen molar-refractivity contribution in [3.8, 4) is 5.75 Å². The Kier molecular flexibility index (Phi) is 4.49. The molecule has 2 aromatic carbocycles. The molecule has 0 aliphatic carbocycles. The number of imide groups is 1. The van der Waals surface area contributed by atoms with Gasteiger partial charge in [-0.15, -0.1) is 0 Å². The van der Waals surface area contributed by atoms with Crippen molar-refractivity contribution < 1.29 is 23.5 Å². The van der Waals surface area contributed by atoms with Gasteiger partial charge >= 0.3 is 11.6 Å². The summed E-state index contributed by atoms with van der Waals surface area (Å²) in [6, 6.07) is 14.3. The molecule has 0 atom stereocenters. The molecular formula is C21H15NO6. The summed E-state index contributed by atoms with van der Waals surface area (Å²) in [6.45, 7) is 0.133. The second-order valence-electron chi connectivity index (χ2n) is 6.34. The van der Waals surface area contributed by atoms with Crippen LogP contribution >= 0.6 is 0 Å². The largest absolute Gasteiger partial charge is 0.426 e. The fourth-order valence-electron chi connectivity index (χ4n) is 3.11. The monoisotopic (exact) mass is 377 g/mol. The molecule has 1 aliphatic rings. The number of carbonyl (C=O) groups is 3. The van der Waals surface area contributed by atoms with E-state index in [9.17, 15) is 19.2 Å². The van der Waals surface area contributed by atoms with Crippen LogP contribution in [0.2, 0.25) is 0 Å². The third kappa shape index (κ3) is 3.29. The molecule has 0 unspecified atom stereocenters. The van der Waals surface area contributed by atoms with Gasteiger partial charge in [0.2, 0.25) is 0 Å². The van der Waals surface area contributed by atoms with E-state index in [-0.39, 0.29) is 37.0 Å². The van der Waals surface area contributed by atoms with Crippen molar-refractivity contribution in [3.05, 3.63) is 76.1 Å². The zero-order valence-corrected chi connectivity index (χ0v) is 14.7. The second kappa shape index (κ2) is 7.11. The molecular weight excluding hydrogens is 362 g/mol. The van der Waals surface area contributed by atoms with Crippen LogP contribution in [0, 0.1) is 0 Å². The maximum Gasteiger partial charge on any atom is 0.336 e. The Morgan fingerprint density at radius 2 is 1.61 bits per heavy atom. The topological polar surface area (TPSA) is 93.9 Å². The number of ether oxygens (including phenoxy) is 1. The van der Waals surface area contributed by atoms with Crippen LogP contribution in [-0.2, 0) is 4.79 Å². The first-order valence-electron chi connectivity index (χ1n) is 8.73. The fraction of sp³-hybridized carbons (Fsp3) is 0.143. The summed E-state index contributed by atoms with van der Waals surface area (Å²) in [7, 11) is 0. The van der Waals surface area contributed by atoms with E-state index in [1.54, 1.807) is 42.5 Å². The number of rotatable bonds is 5. The predicted molar refractivity (Wildman–Crippen MR) is 99.2 cm³/mol. The minimum Gasteiger partial charge on any atom is -0.426 e. The van der Waals surface area contributed by atoms with Gasteiger partial charge in [0, 0.05) is 30.5 Å². The average molecular weight is 377 g/mol. The van der Waals surface area contributed by atoms with Gasteiger partial charge in [0.05, 0.1) is 11.1 Å². The molecule has 0 fully saturated rings. The van der Waals surface area contributed by atoms with E-state index in [0.717, 1.165) is 4.90 Å². The summed E-state index contributed by atoms with van der Waals surface area (Å²) in [4.78, 5) is 49.1. The smallest absolute Gasteiger partial charge is 0.336 e. The maximum absolute atomic E-state index is 12.3. The van der Waals surface area contributed by atoms with E-state index in [1.807, 2.05) is 0 Å². The van der Waals surface area contributed by atoms with Gasteiger partial charge in [0.25, 0.3) is 11.8 Å². The molecule has 7 heteroatoms. The third-order valence-electron chi connectivity index (χ3n) is 4.47. The Labute approximate surface area is 159 Å². The first-order chi connectivity index (χ1) is 13.5. The summed E-state index contributed by atoms with van der Waals surface area (Å²) >= 11 is 0. The van der Waals surface area contributed by atoms with Crippen LogP contribution in [0.25, 0.3) is 11.0 Å². The lowest BCUT2D eigenvalue weighted by Gasteiger charge is -2.13. The summed E-state index contributed by atoms with van der Waals surface area (Å²) in [5.41, 5.74) is 0.598. The molecule has 2 heterocycles. The van der Waals surface area contributed by atoms with E-state index in [0.29, 0.717) is 22.1 Å². The molecule has 0 radical (unpaired) electrons. The van der Waals surface area contributed by atoms with Gasteiger partial charge in [0.1, 0.15) is 11.3 Å². The Bertz CT molecular complexity index is 1130. The summed E-state index contributed by atoms with van der Waals surface area (Å²) in [6.07, 6.45) is 0.317. The molecule has 0 saturated carbocycles. The van der Waals surface area contributed by atoms with Crippen LogP contribution in [-0.4, -0.2) is 29.2 Å². The molecule has 0 bridgehead atoms. The zero-order chi connectivity index (χ0) is 19.7. The van der Waals surface area contributed by atoms with E-state index in [4.69, 9.17) is 9.15 Å². The summed E-state index contributed by atoms with van der Waals surface area (Å²) < 4.78 is 10.3. The Balaban J connectivity index is 1.35. The van der Waals surface area contributed by atoms with Crippen molar-refractivity contribution in [2.24, 2.45) is 0 Å². The third-order valence-corrected chi connectivity index (χ3v) is 4.47. The number of fused-ring (bicyclic) bond motifs is 2. The molecule has 0 N–H and O–H groups in total. The summed E-state index contributed by atoms with van der Waals surface area (Å²) in [5.74, 6) is -0.945. The molecule has 1 aliphatic heterocycles. The van der Waals surface area contributed by atoms with Gasteiger partial charge in [-0.3, -0.25) is 19.3 Å². The van der Waals surface area contributed by atoms with Crippen molar-refractivity contribution >= 4 is 28.8 Å². The van der Waals surface area contributed by atoms with Crippen molar-refractivity contribution in [2.45, 2.75) is 12.8 Å². The second-order valence-corrected chi connectivity index (χ2v) is 6.34. The molecule has 140 valence electrons. The number of nitrogens with zero attached hydrogens (tertiary/aromatic N) is 1. The van der Waals surface area contributed by atoms with Crippen LogP contribution < -0.4 is 10.4 Å². The van der Waals surface area contributed by atoms with Crippen LogP contribution in [0.4, 0.5) is 0 Å². The van der Waals surface area contributed by atoms with E-state index in [1.165, 1.54) is 12.1 Å². The van der Waals surface area contributed by atoms with Crippen molar-refractivity contribution in [1.82, 2.24) is 4.90 Å². The van der Waals surface area contributed by atoms with Crippen LogP contribution in [0.1, 0.15) is 33.6 Å². The number of amides is 2. The van der Waals surface area contributed by atoms with E-state index < -0.39 is 11.6 Å². The number of hydrogen-bond acceptors (Lipinski definition) is 6. The lowest BCUT2D eigenvalue weighted by molar-refractivity contribution is -0.134. The SMILES string of the molecule is O=C(CCCN1C(=O)c2ccccc2C1=O)Oc1ccc2ccc(=O)oc2c1. The zero-order valence-electron chi connectivity index (χ0n) is 14.7. The molecule has 2 amide bonds. The van der Waals surface area contributed by atoms with Gasteiger partial charge in [-0.2, -0.15) is 0 Å². The normalized spacial score (nSPS) is 13.1. The fourth-order valence-corrected chi connectivity index (χ4v) is 3.11. The quantitative estimate of drug-likeness (QED) is 0.294. The minimum atomic E-state index is -0.505. The highest BCUT2D eigenvalue weighted by molar-refractivity contribution is 6.21. The predicted octanol–water partition coefficient (Wildman–Crippen LogP) is 2.77. The highest BCUT2D eigenvalue weighted by Gasteiger charge is 2.34. The lowest BCUT2D eigenvalue weighted by atomic mass is 10.1. The standard InChI is InChI=1S/C21H15NO6/c23-18(27-14-9-7-13-8-10-19(24)28-17(13)12-14)6-3-11-22-20(25)15-4-1-2-5-16(15)21(22)26/h1-2,4-5,7-10,12H,3,6,11H2. The van der Waals surface area contributed by atoms with Crippen molar-refractivity contribution in [3.63, 3.8) is 0 Å². The molecule has 0 saturated heterocycles. The average Bonchev–Trinajstić information content (AvgIpc) is 2.93. The number of carbonyl (C=O) groups excluding carboxylic acids is 3. The summed E-state index contributed by atoms with van der Waals surface area (Å²) in [5, 5.41) is 0.713. The molecule has 4 rings (SSSR count). The molecule has 3 aromatic rings. The van der Waals surface area contributed by atoms with Gasteiger partial charge in [-0.05, 0) is 36.8 Å². The van der Waals surface area contributed by atoms with Gasteiger partial charge in [-0.1, -0.05) is 12.1 Å². The van der Waals surface area contributed by atoms with Gasteiger partial charge in [-0.25, -0.2) is 4.79 Å². The van der Waals surface area contributed by atoms with Gasteiger partial charge < -0.3 is 9.15 Å². The number of hydrogen-bond donors (Lipinski definition) is 0. The molecule has 1 aromatic heterocycles. The minimum absolute atomic E-state index is 0.0319. The molecule has 0 spiro atoms. The highest BCUT2D eigenvalue weighted by atomic mass is 16.5. The maximum atomic E-state index is 12.3. The Hall–Kier alpha value is -3.74. The molecule has 7 nitrogen and oxygen atoms in total. The van der Waals surface area contributed by atoms with Crippen molar-refractivity contribution in [2.75, 3.05) is 6.54 Å². The van der Waals surface area contributed by atoms with E-state index in [2.05, 4.69) is 0 Å². The van der Waals surface area contributed by atoms with Crippen molar-refractivity contribution in [1.29, 1.82) is 0 Å². The number of esters is 1. The van der Waals surface area contributed by atoms with E-state index >= 15 is 0 Å². The first-order valence-corrected chi connectivity index (χ1v) is 8.73. The van der Waals surface area contributed by atoms with Crippen LogP contribution in [0.3, 0.4) is 0 Å². The van der Waals surface area contributed by atoms with Crippen LogP contribution in [0.15, 0.2) is 63.8 Å². The Morgan fingerprint density at radius 3 is 2.32 bits per heavy atom. The van der Waals surface area contributed by atoms with Gasteiger partial charge in [0.15, 0.2) is 0 Å². The number of benzene rings is 2. The Morgan fingerprint density at radius 1 is 0.929 bits per heavy atom. The van der Waals surface area contributed by atoms with Crippen LogP contribution in [0.5, 0.6) is 5.75 Å². The highest BCUT2D eigenvalue weighted by Crippen LogP contribution is 2.23.